The molecular formula is C14H29N3O. The van der Waals surface area contributed by atoms with Gasteiger partial charge in [0.05, 0.1) is 0 Å². The van der Waals surface area contributed by atoms with Crippen LogP contribution in [0.3, 0.4) is 0 Å². The van der Waals surface area contributed by atoms with Crippen LogP contribution in [-0.2, 0) is 0 Å². The molecule has 1 fully saturated rings. The smallest absolute Gasteiger partial charge is 0.317 e. The molecule has 1 aliphatic heterocycles. The van der Waals surface area contributed by atoms with E-state index in [1.165, 1.54) is 45.3 Å². The summed E-state index contributed by atoms with van der Waals surface area (Å²) < 4.78 is 0. The van der Waals surface area contributed by atoms with Gasteiger partial charge in [-0.25, -0.2) is 4.79 Å². The van der Waals surface area contributed by atoms with Crippen LogP contribution in [0.15, 0.2) is 0 Å². The second-order valence-corrected chi connectivity index (χ2v) is 5.01. The van der Waals surface area contributed by atoms with Crippen LogP contribution in [0.1, 0.15) is 46.0 Å². The molecule has 0 spiro atoms. The Balaban J connectivity index is 1.99. The summed E-state index contributed by atoms with van der Waals surface area (Å²) in [6, 6.07) is 0.0815. The maximum absolute atomic E-state index is 11.7. The quantitative estimate of drug-likeness (QED) is 0.709. The van der Waals surface area contributed by atoms with E-state index in [9.17, 15) is 4.79 Å². The number of piperidine rings is 1. The number of amides is 2. The molecule has 18 heavy (non-hydrogen) atoms. The molecule has 1 heterocycles. The molecule has 4 heteroatoms. The Morgan fingerprint density at radius 2 is 1.78 bits per heavy atom. The highest BCUT2D eigenvalue weighted by atomic mass is 16.2. The topological polar surface area (TPSA) is 35.6 Å². The number of likely N-dealkylation sites (tertiary alicyclic amines) is 1. The lowest BCUT2D eigenvalue weighted by atomic mass is 10.1. The largest absolute Gasteiger partial charge is 0.338 e. The van der Waals surface area contributed by atoms with Crippen molar-refractivity contribution in [3.8, 4) is 0 Å². The van der Waals surface area contributed by atoms with Crippen LogP contribution in [0.5, 0.6) is 0 Å². The van der Waals surface area contributed by atoms with Crippen LogP contribution in [0.4, 0.5) is 4.79 Å². The normalized spacial score (nSPS) is 16.6. The highest BCUT2D eigenvalue weighted by Crippen LogP contribution is 2.09. The van der Waals surface area contributed by atoms with Crippen LogP contribution in [0.2, 0.25) is 0 Å². The van der Waals surface area contributed by atoms with Gasteiger partial charge in [-0.2, -0.15) is 0 Å². The van der Waals surface area contributed by atoms with Gasteiger partial charge in [0.25, 0.3) is 0 Å². The van der Waals surface area contributed by atoms with Gasteiger partial charge in [0.15, 0.2) is 0 Å². The van der Waals surface area contributed by atoms with E-state index in [2.05, 4.69) is 10.2 Å². The number of carbonyl (C=O) groups is 1. The van der Waals surface area contributed by atoms with Crippen LogP contribution in [-0.4, -0.2) is 55.1 Å². The van der Waals surface area contributed by atoms with Crippen LogP contribution in [0.25, 0.3) is 0 Å². The molecule has 0 aromatic carbocycles. The highest BCUT2D eigenvalue weighted by Gasteiger charge is 2.10. The van der Waals surface area contributed by atoms with Gasteiger partial charge < -0.3 is 15.1 Å². The minimum absolute atomic E-state index is 0.0815. The number of urea groups is 1. The fourth-order valence-corrected chi connectivity index (χ4v) is 2.46. The van der Waals surface area contributed by atoms with Crippen LogP contribution < -0.4 is 5.32 Å². The van der Waals surface area contributed by atoms with E-state index in [1.54, 1.807) is 0 Å². The van der Waals surface area contributed by atoms with E-state index >= 15 is 0 Å². The minimum atomic E-state index is 0.0815. The third-order valence-corrected chi connectivity index (χ3v) is 3.68. The van der Waals surface area contributed by atoms with Gasteiger partial charge in [0.2, 0.25) is 0 Å². The molecule has 4 nitrogen and oxygen atoms in total. The number of hydrogen-bond acceptors (Lipinski definition) is 2. The second-order valence-electron chi connectivity index (χ2n) is 5.01. The van der Waals surface area contributed by atoms with E-state index in [0.717, 1.165) is 26.1 Å². The molecule has 1 saturated heterocycles. The second kappa shape index (κ2) is 9.20. The molecule has 1 N–H and O–H groups in total. The van der Waals surface area contributed by atoms with E-state index in [4.69, 9.17) is 0 Å². The monoisotopic (exact) mass is 255 g/mol. The van der Waals surface area contributed by atoms with E-state index in [1.807, 2.05) is 18.7 Å². The molecule has 0 aromatic heterocycles. The van der Waals surface area contributed by atoms with Crippen molar-refractivity contribution >= 4 is 6.03 Å². The molecule has 1 rings (SSSR count). The summed E-state index contributed by atoms with van der Waals surface area (Å²) in [5, 5.41) is 2.99. The van der Waals surface area contributed by atoms with Crippen molar-refractivity contribution in [2.24, 2.45) is 0 Å². The summed E-state index contributed by atoms with van der Waals surface area (Å²) in [4.78, 5) is 16.0. The molecule has 106 valence electrons. The first-order valence-corrected chi connectivity index (χ1v) is 7.53. The van der Waals surface area contributed by atoms with Gasteiger partial charge in [-0.05, 0) is 59.2 Å². The Morgan fingerprint density at radius 3 is 2.39 bits per heavy atom. The number of rotatable bonds is 7. The number of nitrogens with zero attached hydrogens (tertiary/aromatic N) is 2. The Labute approximate surface area is 112 Å². The standard InChI is InChI=1S/C14H29N3O/c1-3-17(4-2)14(18)15-10-6-9-13-16-11-7-5-8-12-16/h3-13H2,1-2H3,(H,15,18). The molecule has 2 amide bonds. The van der Waals surface area contributed by atoms with Crippen LogP contribution in [0, 0.1) is 0 Å². The lowest BCUT2D eigenvalue weighted by Gasteiger charge is -2.26. The third-order valence-electron chi connectivity index (χ3n) is 3.68. The molecule has 0 radical (unpaired) electrons. The van der Waals surface area contributed by atoms with Crippen molar-refractivity contribution in [2.45, 2.75) is 46.0 Å². The number of carbonyl (C=O) groups excluding carboxylic acids is 1. The Kier molecular flexibility index (Phi) is 7.81. The predicted octanol–water partition coefficient (Wildman–Crippen LogP) is 2.30. The fraction of sp³-hybridized carbons (Fsp3) is 0.929. The van der Waals surface area contributed by atoms with Crippen molar-refractivity contribution in [3.63, 3.8) is 0 Å². The third kappa shape index (κ3) is 5.71. The summed E-state index contributed by atoms with van der Waals surface area (Å²) in [5.74, 6) is 0. The SMILES string of the molecule is CCN(CC)C(=O)NCCCCN1CCCCC1. The average Bonchev–Trinajstić information content (AvgIpc) is 2.41. The van der Waals surface area contributed by atoms with Crippen molar-refractivity contribution in [1.29, 1.82) is 0 Å². The molecule has 0 aliphatic carbocycles. The maximum atomic E-state index is 11.7. The molecule has 1 aliphatic rings. The Morgan fingerprint density at radius 1 is 1.11 bits per heavy atom. The first-order chi connectivity index (χ1) is 8.77. The van der Waals surface area contributed by atoms with Gasteiger partial charge in [-0.1, -0.05) is 6.42 Å². The van der Waals surface area contributed by atoms with Crippen LogP contribution >= 0.6 is 0 Å². The Bertz CT molecular complexity index is 223. The molecule has 0 unspecified atom stereocenters. The summed E-state index contributed by atoms with van der Waals surface area (Å²) >= 11 is 0. The van der Waals surface area contributed by atoms with Crippen molar-refractivity contribution in [1.82, 2.24) is 15.1 Å². The van der Waals surface area contributed by atoms with Crippen molar-refractivity contribution in [2.75, 3.05) is 39.3 Å². The molecule has 0 atom stereocenters. The van der Waals surface area contributed by atoms with Gasteiger partial charge in [-0.15, -0.1) is 0 Å². The summed E-state index contributed by atoms with van der Waals surface area (Å²) in [7, 11) is 0. The van der Waals surface area contributed by atoms with E-state index in [-0.39, 0.29) is 6.03 Å². The average molecular weight is 255 g/mol. The number of hydrogen-bond donors (Lipinski definition) is 1. The molecule has 0 saturated carbocycles. The van der Waals surface area contributed by atoms with E-state index < -0.39 is 0 Å². The first kappa shape index (κ1) is 15.3. The zero-order valence-corrected chi connectivity index (χ0v) is 12.1. The van der Waals surface area contributed by atoms with Crippen molar-refractivity contribution < 1.29 is 4.79 Å². The first-order valence-electron chi connectivity index (χ1n) is 7.53. The fourth-order valence-electron chi connectivity index (χ4n) is 2.46. The predicted molar refractivity (Wildman–Crippen MR) is 75.8 cm³/mol. The van der Waals surface area contributed by atoms with Gasteiger partial charge in [-0.3, -0.25) is 0 Å². The summed E-state index contributed by atoms with van der Waals surface area (Å²) in [6.45, 7) is 10.1. The summed E-state index contributed by atoms with van der Waals surface area (Å²) in [5.41, 5.74) is 0. The highest BCUT2D eigenvalue weighted by molar-refractivity contribution is 5.73. The zero-order chi connectivity index (χ0) is 13.2. The van der Waals surface area contributed by atoms with Gasteiger partial charge >= 0.3 is 6.03 Å². The van der Waals surface area contributed by atoms with Gasteiger partial charge in [0.1, 0.15) is 0 Å². The molecular weight excluding hydrogens is 226 g/mol. The molecule has 0 aromatic rings. The lowest BCUT2D eigenvalue weighted by Crippen LogP contribution is -2.40. The minimum Gasteiger partial charge on any atom is -0.338 e. The Hall–Kier alpha value is -0.770. The van der Waals surface area contributed by atoms with Gasteiger partial charge in [0, 0.05) is 19.6 Å². The number of unbranched alkanes of at least 4 members (excludes halogenated alkanes) is 1. The number of nitrogens with one attached hydrogen (secondary N) is 1. The van der Waals surface area contributed by atoms with E-state index in [0.29, 0.717) is 0 Å². The van der Waals surface area contributed by atoms with Crippen molar-refractivity contribution in [3.05, 3.63) is 0 Å². The zero-order valence-electron chi connectivity index (χ0n) is 12.1. The lowest BCUT2D eigenvalue weighted by molar-refractivity contribution is 0.202. The summed E-state index contributed by atoms with van der Waals surface area (Å²) in [6.07, 6.45) is 6.40. The molecule has 0 bridgehead atoms. The maximum Gasteiger partial charge on any atom is 0.317 e.